The highest BCUT2D eigenvalue weighted by Gasteiger charge is 2.32. The van der Waals surface area contributed by atoms with Crippen LogP contribution in [0.2, 0.25) is 0 Å². The van der Waals surface area contributed by atoms with E-state index in [-0.39, 0.29) is 30.8 Å². The van der Waals surface area contributed by atoms with Gasteiger partial charge in [0.2, 0.25) is 0 Å². The minimum Gasteiger partial charge on any atom is -0.493 e. The lowest BCUT2D eigenvalue weighted by atomic mass is 10.1. The molecule has 0 aromatic heterocycles. The number of aliphatic imine (C=N–C) groups is 1. The summed E-state index contributed by atoms with van der Waals surface area (Å²) in [4.78, 5) is 40.3. The first-order valence-corrected chi connectivity index (χ1v) is 10.3. The van der Waals surface area contributed by atoms with Crippen LogP contribution in [0.15, 0.2) is 54.0 Å². The summed E-state index contributed by atoms with van der Waals surface area (Å²) in [7, 11) is 1.50. The average molecular weight is 534 g/mol. The van der Waals surface area contributed by atoms with E-state index in [0.717, 1.165) is 14.0 Å². The third kappa shape index (κ3) is 5.10. The van der Waals surface area contributed by atoms with Gasteiger partial charge in [-0.3, -0.25) is 9.69 Å². The van der Waals surface area contributed by atoms with Crippen molar-refractivity contribution >= 4 is 46.2 Å². The van der Waals surface area contributed by atoms with Crippen LogP contribution in [0.3, 0.4) is 0 Å². The van der Waals surface area contributed by atoms with Crippen LogP contribution in [0, 0.1) is 3.57 Å². The zero-order valence-electron chi connectivity index (χ0n) is 16.6. The van der Waals surface area contributed by atoms with Crippen LogP contribution in [0.1, 0.15) is 21.5 Å². The first-order valence-electron chi connectivity index (χ1n) is 9.19. The molecule has 0 fully saturated rings. The van der Waals surface area contributed by atoms with Crippen LogP contribution in [-0.4, -0.2) is 47.3 Å². The molecule has 0 spiro atoms. The van der Waals surface area contributed by atoms with E-state index >= 15 is 0 Å². The summed E-state index contributed by atoms with van der Waals surface area (Å²) >= 11 is 2.09. The van der Waals surface area contributed by atoms with Crippen molar-refractivity contribution in [1.29, 1.82) is 0 Å². The zero-order valence-corrected chi connectivity index (χ0v) is 18.8. The second kappa shape index (κ2) is 9.73. The molecular weight excluding hydrogens is 515 g/mol. The van der Waals surface area contributed by atoms with Gasteiger partial charge in [0.15, 0.2) is 11.5 Å². The summed E-state index contributed by atoms with van der Waals surface area (Å²) in [5.74, 6) is -0.487. The highest BCUT2D eigenvalue weighted by atomic mass is 127. The number of amides is 3. The van der Waals surface area contributed by atoms with Crippen molar-refractivity contribution in [1.82, 2.24) is 4.90 Å². The molecule has 3 rings (SSSR count). The zero-order chi connectivity index (χ0) is 22.5. The molecule has 0 saturated heterocycles. The molecule has 8 nitrogen and oxygen atoms in total. The highest BCUT2D eigenvalue weighted by molar-refractivity contribution is 14.1. The summed E-state index contributed by atoms with van der Waals surface area (Å²) in [5, 5.41) is 9.13. The van der Waals surface area contributed by atoms with E-state index in [1.165, 1.54) is 19.3 Å². The van der Waals surface area contributed by atoms with Crippen LogP contribution in [0.5, 0.6) is 11.5 Å². The van der Waals surface area contributed by atoms with Crippen molar-refractivity contribution < 1.29 is 29.0 Å². The molecule has 2 aromatic carbocycles. The minimum atomic E-state index is -1.01. The van der Waals surface area contributed by atoms with Gasteiger partial charge in [0.25, 0.3) is 5.91 Å². The Kier molecular flexibility index (Phi) is 7.06. The first-order chi connectivity index (χ1) is 14.8. The number of benzene rings is 2. The fourth-order valence-electron chi connectivity index (χ4n) is 3.03. The van der Waals surface area contributed by atoms with E-state index in [9.17, 15) is 14.4 Å². The lowest BCUT2D eigenvalue weighted by Crippen LogP contribution is -2.33. The van der Waals surface area contributed by atoms with E-state index in [1.54, 1.807) is 24.3 Å². The molecule has 3 amide bonds. The molecule has 0 bridgehead atoms. The summed E-state index contributed by atoms with van der Waals surface area (Å²) in [5.41, 5.74) is 1.78. The van der Waals surface area contributed by atoms with Crippen molar-refractivity contribution in [3.8, 4) is 11.5 Å². The number of carbonyl (C=O) groups excluding carboxylic acids is 2. The van der Waals surface area contributed by atoms with Gasteiger partial charge >= 0.3 is 12.0 Å². The van der Waals surface area contributed by atoms with Gasteiger partial charge in [-0.15, -0.1) is 6.58 Å². The Hall–Kier alpha value is -3.21. The lowest BCUT2D eigenvalue weighted by molar-refractivity contribution is -0.120. The van der Waals surface area contributed by atoms with Crippen LogP contribution in [-0.2, 0) is 17.8 Å². The summed E-state index contributed by atoms with van der Waals surface area (Å²) in [6.45, 7) is 3.81. The highest BCUT2D eigenvalue weighted by Crippen LogP contribution is 2.35. The van der Waals surface area contributed by atoms with Gasteiger partial charge in [0.05, 0.1) is 16.2 Å². The van der Waals surface area contributed by atoms with Gasteiger partial charge in [0, 0.05) is 13.0 Å². The van der Waals surface area contributed by atoms with E-state index in [2.05, 4.69) is 34.2 Å². The van der Waals surface area contributed by atoms with Crippen LogP contribution < -0.4 is 9.47 Å². The number of urea groups is 1. The number of hydrogen-bond donors (Lipinski definition) is 1. The topological polar surface area (TPSA) is 106 Å². The average Bonchev–Trinajstić information content (AvgIpc) is 3.00. The maximum Gasteiger partial charge on any atom is 0.351 e. The minimum absolute atomic E-state index is 0.112. The van der Waals surface area contributed by atoms with E-state index in [0.29, 0.717) is 17.1 Å². The fourth-order valence-corrected chi connectivity index (χ4v) is 3.85. The van der Waals surface area contributed by atoms with Crippen LogP contribution in [0.25, 0.3) is 0 Å². The first kappa shape index (κ1) is 22.5. The maximum atomic E-state index is 12.4. The molecule has 2 aromatic rings. The smallest absolute Gasteiger partial charge is 0.351 e. The number of imide groups is 1. The number of methoxy groups -OCH3 is 1. The summed E-state index contributed by atoms with van der Waals surface area (Å²) in [6.07, 6.45) is 1.64. The van der Waals surface area contributed by atoms with E-state index in [4.69, 9.17) is 14.6 Å². The van der Waals surface area contributed by atoms with Gasteiger partial charge in [-0.25, -0.2) is 9.59 Å². The number of rotatable bonds is 9. The van der Waals surface area contributed by atoms with Gasteiger partial charge in [0.1, 0.15) is 12.3 Å². The number of aromatic carboxylic acids is 1. The Balaban J connectivity index is 1.78. The fraction of sp³-hybridized carbons (Fsp3) is 0.182. The molecule has 0 saturated carbocycles. The number of carboxylic acid groups (broad SMARTS) is 1. The SMILES string of the molecule is C=CCN1C(=O)N=C(Cc2cc(I)c(OCc3cccc(C(=O)O)c3)c(OC)c2)C1=O. The number of carbonyl (C=O) groups is 3. The monoisotopic (exact) mass is 534 g/mol. The van der Waals surface area contributed by atoms with Crippen LogP contribution >= 0.6 is 22.6 Å². The largest absolute Gasteiger partial charge is 0.493 e. The maximum absolute atomic E-state index is 12.4. The molecule has 160 valence electrons. The predicted molar refractivity (Wildman–Crippen MR) is 122 cm³/mol. The van der Waals surface area contributed by atoms with Crippen molar-refractivity contribution in [2.75, 3.05) is 13.7 Å². The molecule has 1 aliphatic heterocycles. The third-order valence-corrected chi connectivity index (χ3v) is 5.28. The third-order valence-electron chi connectivity index (χ3n) is 4.48. The van der Waals surface area contributed by atoms with Crippen molar-refractivity contribution in [3.63, 3.8) is 0 Å². The summed E-state index contributed by atoms with van der Waals surface area (Å²) < 4.78 is 12.1. The van der Waals surface area contributed by atoms with E-state index < -0.39 is 17.9 Å². The number of nitrogens with zero attached hydrogens (tertiary/aromatic N) is 2. The molecule has 0 radical (unpaired) electrons. The number of ether oxygens (including phenoxy) is 2. The molecule has 1 aliphatic rings. The van der Waals surface area contributed by atoms with E-state index in [1.807, 2.05) is 6.07 Å². The van der Waals surface area contributed by atoms with Gasteiger partial charge in [-0.1, -0.05) is 18.2 Å². The summed E-state index contributed by atoms with van der Waals surface area (Å²) in [6, 6.07) is 9.44. The number of carboxylic acids is 1. The van der Waals surface area contributed by atoms with Crippen molar-refractivity contribution in [2.24, 2.45) is 4.99 Å². The molecule has 0 unspecified atom stereocenters. The Morgan fingerprint density at radius 3 is 2.71 bits per heavy atom. The second-order valence-corrected chi connectivity index (χ2v) is 7.79. The van der Waals surface area contributed by atoms with Crippen molar-refractivity contribution in [2.45, 2.75) is 13.0 Å². The van der Waals surface area contributed by atoms with Gasteiger partial charge < -0.3 is 14.6 Å². The molecule has 31 heavy (non-hydrogen) atoms. The van der Waals surface area contributed by atoms with Gasteiger partial charge in [-0.2, -0.15) is 4.99 Å². The molecule has 9 heteroatoms. The Morgan fingerprint density at radius 1 is 1.26 bits per heavy atom. The molecule has 0 atom stereocenters. The lowest BCUT2D eigenvalue weighted by Gasteiger charge is -2.15. The second-order valence-electron chi connectivity index (χ2n) is 6.63. The number of hydrogen-bond acceptors (Lipinski definition) is 5. The van der Waals surface area contributed by atoms with Gasteiger partial charge in [-0.05, 0) is 58.0 Å². The Labute approximate surface area is 192 Å². The molecule has 1 N–H and O–H groups in total. The number of halogens is 1. The standard InChI is InChI=1S/C22H19IN2O6/c1-3-7-25-20(26)17(24-22(25)29)10-14-9-16(23)19(18(11-14)30-2)31-12-13-5-4-6-15(8-13)21(27)28/h3-6,8-9,11H,1,7,10,12H2,2H3,(H,27,28). The normalized spacial score (nSPS) is 13.2. The predicted octanol–water partition coefficient (Wildman–Crippen LogP) is 3.71. The quantitative estimate of drug-likeness (QED) is 0.389. The molecule has 1 heterocycles. The molecule has 0 aliphatic carbocycles. The van der Waals surface area contributed by atoms with Crippen LogP contribution in [0.4, 0.5) is 4.79 Å². The Bertz CT molecular complexity index is 1100. The Morgan fingerprint density at radius 2 is 2.03 bits per heavy atom. The molecular formula is C22H19IN2O6. The van der Waals surface area contributed by atoms with Crippen molar-refractivity contribution in [3.05, 3.63) is 69.3 Å².